The molecule has 0 spiro atoms. The molecule has 1 fully saturated rings. The molecule has 0 unspecified atom stereocenters. The van der Waals surface area contributed by atoms with Gasteiger partial charge in [-0.15, -0.1) is 0 Å². The lowest BCUT2D eigenvalue weighted by Crippen LogP contribution is -2.58. The third kappa shape index (κ3) is 4.90. The van der Waals surface area contributed by atoms with Crippen LogP contribution in [0.1, 0.15) is 13.3 Å². The van der Waals surface area contributed by atoms with E-state index in [1.807, 2.05) is 0 Å². The van der Waals surface area contributed by atoms with E-state index >= 15 is 0 Å². The first kappa shape index (κ1) is 18.8. The lowest BCUT2D eigenvalue weighted by molar-refractivity contribution is -0.217. The summed E-state index contributed by atoms with van der Waals surface area (Å²) < 4.78 is 82.2. The highest BCUT2D eigenvalue weighted by molar-refractivity contribution is 6.19. The zero-order valence-corrected chi connectivity index (χ0v) is 11.6. The van der Waals surface area contributed by atoms with E-state index in [9.17, 15) is 35.9 Å². The lowest BCUT2D eigenvalue weighted by Gasteiger charge is -2.38. The van der Waals surface area contributed by atoms with Crippen molar-refractivity contribution < 1.29 is 45.4 Å². The van der Waals surface area contributed by atoms with E-state index in [1.54, 1.807) is 0 Å². The number of esters is 1. The van der Waals surface area contributed by atoms with Gasteiger partial charge >= 0.3 is 24.2 Å². The maximum atomic E-state index is 12.2. The first-order valence-electron chi connectivity index (χ1n) is 5.77. The normalized spacial score (nSPS) is 29.8. The molecular weight excluding hydrogens is 348 g/mol. The van der Waals surface area contributed by atoms with Crippen LogP contribution in [-0.2, 0) is 19.1 Å². The fourth-order valence-corrected chi connectivity index (χ4v) is 2.14. The zero-order valence-electron chi connectivity index (χ0n) is 10.8. The molecule has 4 atom stereocenters. The molecule has 1 rings (SSSR count). The summed E-state index contributed by atoms with van der Waals surface area (Å²) in [6, 6.07) is -1.58. The van der Waals surface area contributed by atoms with Gasteiger partial charge in [-0.3, -0.25) is 4.79 Å². The van der Waals surface area contributed by atoms with E-state index in [1.165, 1.54) is 5.32 Å². The number of amides is 1. The van der Waals surface area contributed by atoms with Crippen LogP contribution in [0.2, 0.25) is 0 Å². The molecule has 1 saturated heterocycles. The second-order valence-electron chi connectivity index (χ2n) is 4.43. The number of carbonyl (C=O) groups excluding carboxylic acids is 2. The Hall–Kier alpha value is -1.23. The second kappa shape index (κ2) is 6.49. The van der Waals surface area contributed by atoms with Crippen molar-refractivity contribution in [1.29, 1.82) is 0 Å². The summed E-state index contributed by atoms with van der Waals surface area (Å²) in [7, 11) is 0. The molecule has 128 valence electrons. The third-order valence-electron chi connectivity index (χ3n) is 2.71. The predicted molar refractivity (Wildman–Crippen MR) is 58.7 cm³/mol. The fraction of sp³-hybridized carbons (Fsp3) is 0.800. The topological polar surface area (TPSA) is 64.6 Å². The molecule has 1 heterocycles. The highest BCUT2D eigenvalue weighted by Crippen LogP contribution is 2.28. The predicted octanol–water partition coefficient (Wildman–Crippen LogP) is 1.88. The number of alkyl halides is 7. The lowest BCUT2D eigenvalue weighted by atomic mass is 10.00. The van der Waals surface area contributed by atoms with Crippen LogP contribution in [0.5, 0.6) is 0 Å². The summed E-state index contributed by atoms with van der Waals surface area (Å²) in [6.07, 6.45) is -14.1. The van der Waals surface area contributed by atoms with Crippen LogP contribution >= 0.6 is 11.6 Å². The van der Waals surface area contributed by atoms with Crippen molar-refractivity contribution in [1.82, 2.24) is 5.32 Å². The molecule has 0 aromatic heterocycles. The first-order valence-corrected chi connectivity index (χ1v) is 6.21. The minimum atomic E-state index is -5.34. The van der Waals surface area contributed by atoms with Crippen LogP contribution in [0.4, 0.5) is 26.3 Å². The molecule has 0 bridgehead atoms. The minimum absolute atomic E-state index is 0.469. The molecular formula is C10H10ClF6NO4. The summed E-state index contributed by atoms with van der Waals surface area (Å²) in [5.41, 5.74) is -1.16. The molecule has 22 heavy (non-hydrogen) atoms. The number of rotatable bonds is 2. The SMILES string of the molecule is C[C@@H]1O[C@H](Cl)C[C@H](NC(=O)C(F)(F)F)[C@@H]1OC(=O)C(F)(F)F. The minimum Gasteiger partial charge on any atom is -0.451 e. The molecule has 0 aromatic carbocycles. The van der Waals surface area contributed by atoms with Crippen molar-refractivity contribution >= 4 is 23.5 Å². The van der Waals surface area contributed by atoms with Gasteiger partial charge in [0, 0.05) is 6.42 Å². The van der Waals surface area contributed by atoms with Crippen LogP contribution in [0.25, 0.3) is 0 Å². The van der Waals surface area contributed by atoms with Crippen LogP contribution in [0.15, 0.2) is 0 Å². The quantitative estimate of drug-likeness (QED) is 0.465. The van der Waals surface area contributed by atoms with Gasteiger partial charge in [0.1, 0.15) is 11.7 Å². The Bertz CT molecular complexity index is 440. The summed E-state index contributed by atoms with van der Waals surface area (Å²) in [4.78, 5) is 21.7. The Kier molecular flexibility index (Phi) is 5.55. The van der Waals surface area contributed by atoms with Gasteiger partial charge in [-0.2, -0.15) is 26.3 Å². The van der Waals surface area contributed by atoms with Gasteiger partial charge in [-0.25, -0.2) is 4.79 Å². The highest BCUT2D eigenvalue weighted by Gasteiger charge is 2.48. The number of halogens is 7. The molecule has 0 aromatic rings. The number of ether oxygens (including phenoxy) is 2. The first-order chi connectivity index (χ1) is 9.82. The van der Waals surface area contributed by atoms with Crippen LogP contribution in [-0.4, -0.2) is 48.0 Å². The summed E-state index contributed by atoms with van der Waals surface area (Å²) in [6.45, 7) is 1.15. The second-order valence-corrected chi connectivity index (χ2v) is 4.92. The molecule has 0 radical (unpaired) electrons. The Morgan fingerprint density at radius 2 is 1.73 bits per heavy atom. The van der Waals surface area contributed by atoms with Gasteiger partial charge in [0.15, 0.2) is 0 Å². The summed E-state index contributed by atoms with van der Waals surface area (Å²) in [5.74, 6) is -4.99. The molecule has 1 N–H and O–H groups in total. The Labute approximate surface area is 124 Å². The van der Waals surface area contributed by atoms with Crippen molar-refractivity contribution in [3.63, 3.8) is 0 Å². The maximum absolute atomic E-state index is 12.2. The fourth-order valence-electron chi connectivity index (χ4n) is 1.79. The average molecular weight is 358 g/mol. The molecule has 1 aliphatic heterocycles. The summed E-state index contributed by atoms with van der Waals surface area (Å²) in [5, 5.41) is 1.45. The van der Waals surface area contributed by atoms with E-state index in [0.717, 1.165) is 6.92 Å². The van der Waals surface area contributed by atoms with E-state index in [-0.39, 0.29) is 0 Å². The largest absolute Gasteiger partial charge is 0.490 e. The molecule has 1 aliphatic rings. The smallest absolute Gasteiger partial charge is 0.451 e. The summed E-state index contributed by atoms with van der Waals surface area (Å²) >= 11 is 5.58. The Morgan fingerprint density at radius 3 is 2.18 bits per heavy atom. The van der Waals surface area contributed by atoms with Crippen molar-refractivity contribution in [2.45, 2.75) is 49.5 Å². The van der Waals surface area contributed by atoms with Gasteiger partial charge in [0.05, 0.1) is 12.1 Å². The van der Waals surface area contributed by atoms with Crippen LogP contribution in [0, 0.1) is 0 Å². The highest BCUT2D eigenvalue weighted by atomic mass is 35.5. The number of hydrogen-bond donors (Lipinski definition) is 1. The van der Waals surface area contributed by atoms with Crippen molar-refractivity contribution in [2.75, 3.05) is 0 Å². The third-order valence-corrected chi connectivity index (χ3v) is 2.99. The van der Waals surface area contributed by atoms with E-state index in [2.05, 4.69) is 4.74 Å². The van der Waals surface area contributed by atoms with Gasteiger partial charge < -0.3 is 14.8 Å². The van der Waals surface area contributed by atoms with E-state index < -0.39 is 54.5 Å². The van der Waals surface area contributed by atoms with Gasteiger partial charge in [-0.05, 0) is 6.92 Å². The van der Waals surface area contributed by atoms with E-state index in [4.69, 9.17) is 16.3 Å². The number of nitrogens with one attached hydrogen (secondary N) is 1. The molecule has 12 heteroatoms. The molecule has 0 saturated carbocycles. The molecule has 5 nitrogen and oxygen atoms in total. The van der Waals surface area contributed by atoms with Crippen LogP contribution in [0.3, 0.4) is 0 Å². The number of carbonyl (C=O) groups is 2. The molecule has 1 amide bonds. The Morgan fingerprint density at radius 1 is 1.18 bits per heavy atom. The average Bonchev–Trinajstić information content (AvgIpc) is 2.30. The molecule has 0 aliphatic carbocycles. The van der Waals surface area contributed by atoms with Gasteiger partial charge in [-0.1, -0.05) is 11.6 Å². The van der Waals surface area contributed by atoms with Crippen molar-refractivity contribution in [2.24, 2.45) is 0 Å². The zero-order chi connectivity index (χ0) is 17.3. The monoisotopic (exact) mass is 357 g/mol. The van der Waals surface area contributed by atoms with E-state index in [0.29, 0.717) is 0 Å². The van der Waals surface area contributed by atoms with Gasteiger partial charge in [0.25, 0.3) is 0 Å². The standard InChI is InChI=1S/C10H10ClF6NO4/c1-3-6(22-8(20)10(15,16)17)4(2-5(11)21-3)18-7(19)9(12,13)14/h3-6H,2H2,1H3,(H,18,19)/t3-,4-,5-,6+/m0/s1. The maximum Gasteiger partial charge on any atom is 0.490 e. The van der Waals surface area contributed by atoms with Crippen molar-refractivity contribution in [3.8, 4) is 0 Å². The van der Waals surface area contributed by atoms with Gasteiger partial charge in [0.2, 0.25) is 0 Å². The van der Waals surface area contributed by atoms with Crippen LogP contribution < -0.4 is 5.32 Å². The Balaban J connectivity index is 2.88. The number of hydrogen-bond acceptors (Lipinski definition) is 4. The van der Waals surface area contributed by atoms with Crippen molar-refractivity contribution in [3.05, 3.63) is 0 Å².